The monoisotopic (exact) mass is 174 g/mol. The topological polar surface area (TPSA) is 17.1 Å². The molecule has 0 heterocycles. The van der Waals surface area contributed by atoms with E-state index in [2.05, 4.69) is 13.8 Å². The van der Waals surface area contributed by atoms with Crippen LogP contribution in [0.4, 0.5) is 0 Å². The second-order valence-electron chi connectivity index (χ2n) is 2.90. The Balaban J connectivity index is 3.08. The lowest BCUT2D eigenvalue weighted by atomic mass is 10.3. The summed E-state index contributed by atoms with van der Waals surface area (Å²) in [4.78, 5) is 10.5. The van der Waals surface area contributed by atoms with Crippen molar-refractivity contribution in [1.29, 1.82) is 0 Å². The van der Waals surface area contributed by atoms with Gasteiger partial charge < -0.3 is 4.79 Å². The minimum Gasteiger partial charge on any atom is -0.300 e. The van der Waals surface area contributed by atoms with Gasteiger partial charge in [0.2, 0.25) is 0 Å². The molecule has 1 nitrogen and oxygen atoms in total. The van der Waals surface area contributed by atoms with E-state index in [1.807, 2.05) is 11.8 Å². The van der Waals surface area contributed by atoms with Crippen molar-refractivity contribution < 1.29 is 4.79 Å². The molecule has 0 bridgehead atoms. The zero-order chi connectivity index (χ0) is 8.69. The Morgan fingerprint density at radius 1 is 1.55 bits per heavy atom. The van der Waals surface area contributed by atoms with Crippen LogP contribution in [0.5, 0.6) is 0 Å². The van der Waals surface area contributed by atoms with Gasteiger partial charge in [0.25, 0.3) is 0 Å². The van der Waals surface area contributed by atoms with E-state index in [0.717, 1.165) is 23.8 Å². The zero-order valence-corrected chi connectivity index (χ0v) is 8.54. The fourth-order valence-electron chi connectivity index (χ4n) is 0.723. The minimum atomic E-state index is 0.315. The predicted molar refractivity (Wildman–Crippen MR) is 52.1 cm³/mol. The van der Waals surface area contributed by atoms with E-state index in [9.17, 15) is 4.79 Å². The average molecular weight is 174 g/mol. The minimum absolute atomic E-state index is 0.315. The van der Waals surface area contributed by atoms with E-state index in [0.29, 0.717) is 5.78 Å². The molecule has 0 aliphatic heterocycles. The summed E-state index contributed by atoms with van der Waals surface area (Å²) < 4.78 is 0. The van der Waals surface area contributed by atoms with Crippen LogP contribution < -0.4 is 0 Å². The van der Waals surface area contributed by atoms with E-state index >= 15 is 0 Å². The molecular formula is C9H18OS. The summed E-state index contributed by atoms with van der Waals surface area (Å²) in [6.07, 6.45) is 3.03. The standard InChI is InChI=1S/C9H18OS/c1-4-9(3)11-7-5-6-8(2)10/h9H,4-7H2,1-3H3. The summed E-state index contributed by atoms with van der Waals surface area (Å²) in [5.74, 6) is 1.45. The summed E-state index contributed by atoms with van der Waals surface area (Å²) in [6, 6.07) is 0. The maximum Gasteiger partial charge on any atom is 0.129 e. The van der Waals surface area contributed by atoms with Crippen molar-refractivity contribution in [1.82, 2.24) is 0 Å². The number of carbonyl (C=O) groups is 1. The SMILES string of the molecule is CCC(C)SCCCC(C)=O. The highest BCUT2D eigenvalue weighted by Crippen LogP contribution is 2.14. The molecular weight excluding hydrogens is 156 g/mol. The van der Waals surface area contributed by atoms with Crippen molar-refractivity contribution in [3.8, 4) is 0 Å². The van der Waals surface area contributed by atoms with E-state index in [-0.39, 0.29) is 0 Å². The van der Waals surface area contributed by atoms with Crippen molar-refractivity contribution >= 4 is 17.5 Å². The lowest BCUT2D eigenvalue weighted by molar-refractivity contribution is -0.117. The van der Waals surface area contributed by atoms with Crippen LogP contribution in [0.3, 0.4) is 0 Å². The van der Waals surface area contributed by atoms with E-state index in [4.69, 9.17) is 0 Å². The van der Waals surface area contributed by atoms with Gasteiger partial charge in [0, 0.05) is 11.7 Å². The number of carbonyl (C=O) groups excluding carboxylic acids is 1. The molecule has 0 spiro atoms. The molecule has 0 saturated heterocycles. The first-order chi connectivity index (χ1) is 5.16. The molecule has 11 heavy (non-hydrogen) atoms. The largest absolute Gasteiger partial charge is 0.300 e. The Morgan fingerprint density at radius 2 is 2.18 bits per heavy atom. The van der Waals surface area contributed by atoms with Crippen LogP contribution in [-0.4, -0.2) is 16.8 Å². The smallest absolute Gasteiger partial charge is 0.129 e. The maximum atomic E-state index is 10.5. The highest BCUT2D eigenvalue weighted by Gasteiger charge is 1.98. The zero-order valence-electron chi connectivity index (χ0n) is 7.72. The number of ketones is 1. The molecule has 66 valence electrons. The average Bonchev–Trinajstić information content (AvgIpc) is 1.97. The van der Waals surface area contributed by atoms with Crippen molar-refractivity contribution in [2.75, 3.05) is 5.75 Å². The summed E-state index contributed by atoms with van der Waals surface area (Å²) >= 11 is 1.97. The Kier molecular flexibility index (Phi) is 6.73. The van der Waals surface area contributed by atoms with Crippen molar-refractivity contribution in [3.63, 3.8) is 0 Å². The molecule has 1 atom stereocenters. The third kappa shape index (κ3) is 7.92. The van der Waals surface area contributed by atoms with Gasteiger partial charge >= 0.3 is 0 Å². The van der Waals surface area contributed by atoms with Crippen LogP contribution >= 0.6 is 11.8 Å². The first kappa shape index (κ1) is 11.0. The number of Topliss-reactive ketones (excluding diaryl/α,β-unsaturated/α-hetero) is 1. The molecule has 1 unspecified atom stereocenters. The second kappa shape index (κ2) is 6.71. The van der Waals surface area contributed by atoms with Gasteiger partial charge in [-0.1, -0.05) is 13.8 Å². The molecule has 0 aromatic carbocycles. The van der Waals surface area contributed by atoms with Gasteiger partial charge in [0.1, 0.15) is 5.78 Å². The Labute approximate surface area is 73.9 Å². The number of hydrogen-bond donors (Lipinski definition) is 0. The van der Waals surface area contributed by atoms with E-state index in [1.165, 1.54) is 6.42 Å². The Hall–Kier alpha value is 0.0200. The highest BCUT2D eigenvalue weighted by atomic mass is 32.2. The van der Waals surface area contributed by atoms with Gasteiger partial charge in [-0.15, -0.1) is 0 Å². The maximum absolute atomic E-state index is 10.5. The lowest BCUT2D eigenvalue weighted by Gasteiger charge is -2.06. The summed E-state index contributed by atoms with van der Waals surface area (Å²) in [6.45, 7) is 6.09. The molecule has 0 aliphatic rings. The van der Waals surface area contributed by atoms with Crippen LogP contribution in [0.15, 0.2) is 0 Å². The summed E-state index contributed by atoms with van der Waals surface area (Å²) in [5.41, 5.74) is 0. The molecule has 0 aromatic rings. The molecule has 0 radical (unpaired) electrons. The van der Waals surface area contributed by atoms with E-state index < -0.39 is 0 Å². The second-order valence-corrected chi connectivity index (χ2v) is 4.44. The van der Waals surface area contributed by atoms with E-state index in [1.54, 1.807) is 6.92 Å². The Bertz CT molecular complexity index is 112. The summed E-state index contributed by atoms with van der Waals surface area (Å²) in [5, 5.41) is 0.752. The normalized spacial score (nSPS) is 13.0. The van der Waals surface area contributed by atoms with Gasteiger partial charge in [-0.2, -0.15) is 11.8 Å². The predicted octanol–water partition coefficient (Wildman–Crippen LogP) is 2.89. The Morgan fingerprint density at radius 3 is 2.64 bits per heavy atom. The van der Waals surface area contributed by atoms with Crippen molar-refractivity contribution in [2.24, 2.45) is 0 Å². The molecule has 0 rings (SSSR count). The summed E-state index contributed by atoms with van der Waals surface area (Å²) in [7, 11) is 0. The fourth-order valence-corrected chi connectivity index (χ4v) is 1.67. The molecule has 0 saturated carbocycles. The molecule has 0 N–H and O–H groups in total. The number of hydrogen-bond acceptors (Lipinski definition) is 2. The van der Waals surface area contributed by atoms with Crippen LogP contribution in [-0.2, 0) is 4.79 Å². The number of thioether (sulfide) groups is 1. The van der Waals surface area contributed by atoms with Gasteiger partial charge in [-0.05, 0) is 25.5 Å². The third-order valence-electron chi connectivity index (χ3n) is 1.65. The van der Waals surface area contributed by atoms with Gasteiger partial charge in [-0.3, -0.25) is 0 Å². The van der Waals surface area contributed by atoms with Gasteiger partial charge in [0.15, 0.2) is 0 Å². The molecule has 0 aromatic heterocycles. The van der Waals surface area contributed by atoms with Gasteiger partial charge in [-0.25, -0.2) is 0 Å². The van der Waals surface area contributed by atoms with Crippen molar-refractivity contribution in [3.05, 3.63) is 0 Å². The van der Waals surface area contributed by atoms with Crippen LogP contribution in [0, 0.1) is 0 Å². The number of rotatable bonds is 6. The van der Waals surface area contributed by atoms with Crippen LogP contribution in [0.1, 0.15) is 40.0 Å². The first-order valence-electron chi connectivity index (χ1n) is 4.27. The van der Waals surface area contributed by atoms with Crippen molar-refractivity contribution in [2.45, 2.75) is 45.3 Å². The molecule has 0 amide bonds. The van der Waals surface area contributed by atoms with Crippen LogP contribution in [0.25, 0.3) is 0 Å². The quantitative estimate of drug-likeness (QED) is 0.576. The molecule has 0 aliphatic carbocycles. The van der Waals surface area contributed by atoms with Crippen LogP contribution in [0.2, 0.25) is 0 Å². The highest BCUT2D eigenvalue weighted by molar-refractivity contribution is 7.99. The fraction of sp³-hybridized carbons (Fsp3) is 0.889. The molecule has 0 fully saturated rings. The third-order valence-corrected chi connectivity index (χ3v) is 3.08. The van der Waals surface area contributed by atoms with Gasteiger partial charge in [0.05, 0.1) is 0 Å². The first-order valence-corrected chi connectivity index (χ1v) is 5.32. The lowest BCUT2D eigenvalue weighted by Crippen LogP contribution is -1.96. The molecule has 2 heteroatoms.